The highest BCUT2D eigenvalue weighted by Crippen LogP contribution is 2.20. The van der Waals surface area contributed by atoms with Crippen LogP contribution in [0.2, 0.25) is 0 Å². The smallest absolute Gasteiger partial charge is 0.252 e. The van der Waals surface area contributed by atoms with Gasteiger partial charge in [-0.25, -0.2) is 4.39 Å². The van der Waals surface area contributed by atoms with E-state index in [2.05, 4.69) is 21.2 Å². The van der Waals surface area contributed by atoms with Crippen molar-refractivity contribution in [2.24, 2.45) is 0 Å². The van der Waals surface area contributed by atoms with Crippen LogP contribution < -0.4 is 5.32 Å². The predicted molar refractivity (Wildman–Crippen MR) is 69.4 cm³/mol. The lowest BCUT2D eigenvalue weighted by Gasteiger charge is -2.13. The van der Waals surface area contributed by atoms with Crippen LogP contribution in [0.1, 0.15) is 17.3 Å². The molecule has 1 N–H and O–H groups in total. The molecule has 0 radical (unpaired) electrons. The molecule has 1 atom stereocenters. The number of hydrogen-bond acceptors (Lipinski definition) is 2. The standard InChI is InChI=1S/C11H13BrFNOS/c1-7(6-16-2)14-11(15)8-4-3-5-9(13)10(8)12/h3-5,7H,6H2,1-2H3,(H,14,15). The van der Waals surface area contributed by atoms with Gasteiger partial charge in [-0.2, -0.15) is 11.8 Å². The van der Waals surface area contributed by atoms with Gasteiger partial charge in [-0.3, -0.25) is 4.79 Å². The van der Waals surface area contributed by atoms with Crippen LogP contribution in [0.4, 0.5) is 4.39 Å². The van der Waals surface area contributed by atoms with Gasteiger partial charge in [0.1, 0.15) is 5.82 Å². The van der Waals surface area contributed by atoms with Crippen molar-refractivity contribution in [3.05, 3.63) is 34.1 Å². The van der Waals surface area contributed by atoms with Crippen LogP contribution >= 0.6 is 27.7 Å². The minimum atomic E-state index is -0.426. The number of carbonyl (C=O) groups is 1. The molecule has 1 unspecified atom stereocenters. The van der Waals surface area contributed by atoms with Gasteiger partial charge in [0.2, 0.25) is 0 Å². The van der Waals surface area contributed by atoms with Crippen LogP contribution in [0.3, 0.4) is 0 Å². The Bertz CT molecular complexity index is 386. The van der Waals surface area contributed by atoms with E-state index in [9.17, 15) is 9.18 Å². The maximum absolute atomic E-state index is 13.2. The first-order valence-electron chi connectivity index (χ1n) is 4.80. The zero-order valence-electron chi connectivity index (χ0n) is 9.09. The normalized spacial score (nSPS) is 12.2. The van der Waals surface area contributed by atoms with E-state index in [0.717, 1.165) is 5.75 Å². The van der Waals surface area contributed by atoms with Crippen LogP contribution in [0.15, 0.2) is 22.7 Å². The molecule has 1 amide bonds. The van der Waals surface area contributed by atoms with Crippen LogP contribution in [0.5, 0.6) is 0 Å². The summed E-state index contributed by atoms with van der Waals surface area (Å²) in [5.41, 5.74) is 0.327. The zero-order valence-corrected chi connectivity index (χ0v) is 11.5. The van der Waals surface area contributed by atoms with E-state index < -0.39 is 5.82 Å². The lowest BCUT2D eigenvalue weighted by Crippen LogP contribution is -2.34. The molecule has 0 bridgehead atoms. The van der Waals surface area contributed by atoms with E-state index in [1.165, 1.54) is 12.1 Å². The van der Waals surface area contributed by atoms with Crippen molar-refractivity contribution < 1.29 is 9.18 Å². The topological polar surface area (TPSA) is 29.1 Å². The molecule has 1 aromatic carbocycles. The Labute approximate surface area is 107 Å². The second-order valence-electron chi connectivity index (χ2n) is 3.43. The van der Waals surface area contributed by atoms with E-state index in [-0.39, 0.29) is 16.4 Å². The van der Waals surface area contributed by atoms with Crippen molar-refractivity contribution in [3.63, 3.8) is 0 Å². The van der Waals surface area contributed by atoms with Crippen LogP contribution in [-0.4, -0.2) is 24.0 Å². The largest absolute Gasteiger partial charge is 0.349 e. The van der Waals surface area contributed by atoms with Gasteiger partial charge in [0.25, 0.3) is 5.91 Å². The lowest BCUT2D eigenvalue weighted by molar-refractivity contribution is 0.0942. The molecule has 0 saturated carbocycles. The van der Waals surface area contributed by atoms with Crippen molar-refractivity contribution >= 4 is 33.6 Å². The summed E-state index contributed by atoms with van der Waals surface area (Å²) in [5.74, 6) is 0.150. The summed E-state index contributed by atoms with van der Waals surface area (Å²) in [4.78, 5) is 11.8. The number of nitrogens with one attached hydrogen (secondary N) is 1. The van der Waals surface area contributed by atoms with Gasteiger partial charge < -0.3 is 5.32 Å². The molecule has 0 aromatic heterocycles. The third-order valence-electron chi connectivity index (χ3n) is 1.99. The summed E-state index contributed by atoms with van der Waals surface area (Å²) in [5, 5.41) is 2.81. The van der Waals surface area contributed by atoms with Gasteiger partial charge in [0, 0.05) is 11.8 Å². The summed E-state index contributed by atoms with van der Waals surface area (Å²) in [6, 6.07) is 4.49. The fourth-order valence-corrected chi connectivity index (χ4v) is 2.30. The molecular weight excluding hydrogens is 293 g/mol. The molecular formula is C11H13BrFNOS. The maximum Gasteiger partial charge on any atom is 0.252 e. The SMILES string of the molecule is CSCC(C)NC(=O)c1cccc(F)c1Br. The molecule has 1 aromatic rings. The van der Waals surface area contributed by atoms with E-state index in [1.54, 1.807) is 17.8 Å². The number of carbonyl (C=O) groups excluding carboxylic acids is 1. The summed E-state index contributed by atoms with van der Waals surface area (Å²) >= 11 is 4.72. The van der Waals surface area contributed by atoms with Crippen molar-refractivity contribution in [2.45, 2.75) is 13.0 Å². The highest BCUT2D eigenvalue weighted by molar-refractivity contribution is 9.10. The number of halogens is 2. The van der Waals surface area contributed by atoms with Crippen LogP contribution in [0.25, 0.3) is 0 Å². The molecule has 0 spiro atoms. The number of hydrogen-bond donors (Lipinski definition) is 1. The van der Waals surface area contributed by atoms with Gasteiger partial charge in [-0.05, 0) is 41.2 Å². The number of amides is 1. The van der Waals surface area contributed by atoms with E-state index in [1.807, 2.05) is 13.2 Å². The van der Waals surface area contributed by atoms with Crippen molar-refractivity contribution in [2.75, 3.05) is 12.0 Å². The van der Waals surface area contributed by atoms with Gasteiger partial charge in [0.05, 0.1) is 10.0 Å². The third-order valence-corrected chi connectivity index (χ3v) is 3.63. The summed E-state index contributed by atoms with van der Waals surface area (Å²) in [7, 11) is 0. The molecule has 5 heteroatoms. The average molecular weight is 306 g/mol. The van der Waals surface area contributed by atoms with Crippen LogP contribution in [0, 0.1) is 5.82 Å². The Balaban J connectivity index is 2.77. The molecule has 0 aliphatic heterocycles. The first-order valence-corrected chi connectivity index (χ1v) is 6.98. The Morgan fingerprint density at radius 2 is 2.31 bits per heavy atom. The van der Waals surface area contributed by atoms with Crippen molar-refractivity contribution in [1.82, 2.24) is 5.32 Å². The highest BCUT2D eigenvalue weighted by atomic mass is 79.9. The molecule has 88 valence electrons. The third kappa shape index (κ3) is 3.49. The van der Waals surface area contributed by atoms with E-state index in [0.29, 0.717) is 5.56 Å². The van der Waals surface area contributed by atoms with E-state index in [4.69, 9.17) is 0 Å². The van der Waals surface area contributed by atoms with Crippen LogP contribution in [-0.2, 0) is 0 Å². The number of benzene rings is 1. The molecule has 0 heterocycles. The summed E-state index contributed by atoms with van der Waals surface area (Å²) in [6.07, 6.45) is 1.97. The minimum Gasteiger partial charge on any atom is -0.349 e. The minimum absolute atomic E-state index is 0.0673. The average Bonchev–Trinajstić information content (AvgIpc) is 2.22. The Kier molecular flexibility index (Phi) is 5.28. The Hall–Kier alpha value is -0.550. The quantitative estimate of drug-likeness (QED) is 0.926. The van der Waals surface area contributed by atoms with Crippen molar-refractivity contribution in [1.29, 1.82) is 0 Å². The monoisotopic (exact) mass is 305 g/mol. The second-order valence-corrected chi connectivity index (χ2v) is 5.13. The molecule has 16 heavy (non-hydrogen) atoms. The van der Waals surface area contributed by atoms with Gasteiger partial charge in [-0.1, -0.05) is 6.07 Å². The van der Waals surface area contributed by atoms with Gasteiger partial charge in [0.15, 0.2) is 0 Å². The zero-order chi connectivity index (χ0) is 12.1. The molecule has 0 aliphatic rings. The molecule has 0 fully saturated rings. The fraction of sp³-hybridized carbons (Fsp3) is 0.364. The summed E-state index contributed by atoms with van der Waals surface area (Å²) < 4.78 is 13.4. The van der Waals surface area contributed by atoms with E-state index >= 15 is 0 Å². The predicted octanol–water partition coefficient (Wildman–Crippen LogP) is 3.07. The highest BCUT2D eigenvalue weighted by Gasteiger charge is 2.14. The first-order chi connectivity index (χ1) is 7.56. The second kappa shape index (κ2) is 6.25. The van der Waals surface area contributed by atoms with Gasteiger partial charge >= 0.3 is 0 Å². The molecule has 1 rings (SSSR count). The molecule has 0 saturated heterocycles. The molecule has 2 nitrogen and oxygen atoms in total. The molecule has 0 aliphatic carbocycles. The lowest BCUT2D eigenvalue weighted by atomic mass is 10.2. The summed E-state index contributed by atoms with van der Waals surface area (Å²) in [6.45, 7) is 1.92. The number of thioether (sulfide) groups is 1. The Morgan fingerprint density at radius 3 is 2.94 bits per heavy atom. The number of rotatable bonds is 4. The fourth-order valence-electron chi connectivity index (χ4n) is 1.27. The Morgan fingerprint density at radius 1 is 1.62 bits per heavy atom. The van der Waals surface area contributed by atoms with Gasteiger partial charge in [-0.15, -0.1) is 0 Å². The maximum atomic E-state index is 13.2. The first kappa shape index (κ1) is 13.5. The van der Waals surface area contributed by atoms with Crippen molar-refractivity contribution in [3.8, 4) is 0 Å².